The van der Waals surface area contributed by atoms with E-state index in [2.05, 4.69) is 9.97 Å². The zero-order valence-corrected chi connectivity index (χ0v) is 17.8. The molecule has 1 aliphatic carbocycles. The highest BCUT2D eigenvalue weighted by atomic mass is 35.5. The number of aromatic nitrogens is 2. The fraction of sp³-hybridized carbons (Fsp3) is 0.476. The van der Waals surface area contributed by atoms with Gasteiger partial charge in [0.15, 0.2) is 11.5 Å². The fourth-order valence-corrected chi connectivity index (χ4v) is 5.15. The highest BCUT2D eigenvalue weighted by Gasteiger charge is 2.43. The van der Waals surface area contributed by atoms with Crippen LogP contribution in [0.25, 0.3) is 11.3 Å². The van der Waals surface area contributed by atoms with Gasteiger partial charge >= 0.3 is 5.97 Å². The summed E-state index contributed by atoms with van der Waals surface area (Å²) in [5.74, 6) is -0.692. The van der Waals surface area contributed by atoms with E-state index in [9.17, 15) is 9.90 Å². The molecule has 1 aromatic carbocycles. The first kappa shape index (κ1) is 20.4. The van der Waals surface area contributed by atoms with Crippen molar-refractivity contribution in [2.24, 2.45) is 11.1 Å². The third-order valence-electron chi connectivity index (χ3n) is 6.50. The molecule has 1 saturated heterocycles. The van der Waals surface area contributed by atoms with Crippen molar-refractivity contribution in [3.63, 3.8) is 0 Å². The number of carbonyl (C=O) groups is 1. The number of rotatable bonds is 3. The Morgan fingerprint density at radius 1 is 1.24 bits per heavy atom. The van der Waals surface area contributed by atoms with Gasteiger partial charge in [0, 0.05) is 24.7 Å². The third kappa shape index (κ3) is 3.58. The van der Waals surface area contributed by atoms with E-state index in [-0.39, 0.29) is 17.2 Å². The molecule has 0 amide bonds. The van der Waals surface area contributed by atoms with Crippen molar-refractivity contribution in [3.8, 4) is 11.3 Å². The maximum absolute atomic E-state index is 12.0. The van der Waals surface area contributed by atoms with Crippen LogP contribution in [-0.2, 0) is 0 Å². The van der Waals surface area contributed by atoms with Crippen LogP contribution >= 0.6 is 23.2 Å². The van der Waals surface area contributed by atoms with Crippen molar-refractivity contribution in [2.45, 2.75) is 45.1 Å². The Balaban J connectivity index is 1.69. The van der Waals surface area contributed by atoms with Crippen molar-refractivity contribution in [2.75, 3.05) is 18.0 Å². The Morgan fingerprint density at radius 3 is 2.59 bits per heavy atom. The lowest BCUT2D eigenvalue weighted by molar-refractivity contribution is 0.0690. The van der Waals surface area contributed by atoms with Crippen LogP contribution in [0.15, 0.2) is 18.2 Å². The second-order valence-corrected chi connectivity index (χ2v) is 8.87. The molecule has 3 N–H and O–H groups in total. The van der Waals surface area contributed by atoms with E-state index >= 15 is 0 Å². The molecule has 6 nitrogen and oxygen atoms in total. The number of carboxylic acids is 1. The van der Waals surface area contributed by atoms with Crippen molar-refractivity contribution in [1.82, 2.24) is 9.97 Å². The third-order valence-corrected chi connectivity index (χ3v) is 7.32. The minimum absolute atomic E-state index is 0.0617. The second-order valence-electron chi connectivity index (χ2n) is 8.08. The van der Waals surface area contributed by atoms with Gasteiger partial charge in [0.2, 0.25) is 0 Å². The zero-order chi connectivity index (χ0) is 20.8. The first-order chi connectivity index (χ1) is 13.8. The summed E-state index contributed by atoms with van der Waals surface area (Å²) < 4.78 is 0. The molecular weight excluding hydrogens is 411 g/mol. The first-order valence-electron chi connectivity index (χ1n) is 9.89. The van der Waals surface area contributed by atoms with Crippen LogP contribution in [0.2, 0.25) is 10.0 Å². The van der Waals surface area contributed by atoms with Crippen molar-refractivity contribution >= 4 is 35.0 Å². The summed E-state index contributed by atoms with van der Waals surface area (Å²) in [7, 11) is 0. The summed E-state index contributed by atoms with van der Waals surface area (Å²) in [6.07, 6.45) is 5.32. The van der Waals surface area contributed by atoms with Gasteiger partial charge in [-0.3, -0.25) is 0 Å². The largest absolute Gasteiger partial charge is 0.476 e. The van der Waals surface area contributed by atoms with Crippen molar-refractivity contribution in [3.05, 3.63) is 39.6 Å². The van der Waals surface area contributed by atoms with Crippen molar-refractivity contribution < 1.29 is 9.90 Å². The van der Waals surface area contributed by atoms with Gasteiger partial charge in [0.25, 0.3) is 0 Å². The molecule has 4 rings (SSSR count). The maximum Gasteiger partial charge on any atom is 0.358 e. The maximum atomic E-state index is 12.0. The van der Waals surface area contributed by atoms with E-state index in [1.807, 2.05) is 11.8 Å². The second kappa shape index (κ2) is 7.74. The Labute approximate surface area is 180 Å². The quantitative estimate of drug-likeness (QED) is 0.735. The minimum Gasteiger partial charge on any atom is -0.476 e. The summed E-state index contributed by atoms with van der Waals surface area (Å²) in [6.45, 7) is 3.28. The molecule has 0 radical (unpaired) electrons. The molecule has 154 valence electrons. The Hall–Kier alpha value is -1.89. The molecule has 8 heteroatoms. The molecule has 2 aliphatic rings. The van der Waals surface area contributed by atoms with E-state index in [4.69, 9.17) is 28.9 Å². The lowest BCUT2D eigenvalue weighted by Gasteiger charge is -2.42. The van der Waals surface area contributed by atoms with Crippen LogP contribution in [0.3, 0.4) is 0 Å². The predicted molar refractivity (Wildman–Crippen MR) is 115 cm³/mol. The van der Waals surface area contributed by atoms with Gasteiger partial charge in [0.05, 0.1) is 21.4 Å². The molecule has 1 aliphatic heterocycles. The number of benzene rings is 1. The van der Waals surface area contributed by atoms with Gasteiger partial charge in [-0.15, -0.1) is 0 Å². The molecule has 2 fully saturated rings. The van der Waals surface area contributed by atoms with Crippen LogP contribution in [-0.4, -0.2) is 40.2 Å². The van der Waals surface area contributed by atoms with Crippen LogP contribution in [0, 0.1) is 12.3 Å². The van der Waals surface area contributed by atoms with E-state index < -0.39 is 5.97 Å². The molecule has 1 spiro atoms. The summed E-state index contributed by atoms with van der Waals surface area (Å²) in [6, 6.07) is 5.44. The average molecular weight is 435 g/mol. The standard InChI is InChI=1S/C21H24Cl2N4O2/c1-12-17(13-4-2-5-14(22)16(13)23)26-18(20(28)29)19(25-12)27-10-8-21(9-11-27)7-3-6-15(21)24/h2,4-5,15H,3,6-11,24H2,1H3,(H,28,29). The molecule has 1 saturated carbocycles. The minimum atomic E-state index is -1.11. The van der Waals surface area contributed by atoms with Crippen molar-refractivity contribution in [1.29, 1.82) is 0 Å². The van der Waals surface area contributed by atoms with Crippen LogP contribution in [0.1, 0.15) is 48.3 Å². The lowest BCUT2D eigenvalue weighted by Crippen LogP contribution is -2.47. The smallest absolute Gasteiger partial charge is 0.358 e. The molecule has 0 bridgehead atoms. The summed E-state index contributed by atoms with van der Waals surface area (Å²) in [5, 5.41) is 10.5. The molecule has 1 unspecified atom stereocenters. The summed E-state index contributed by atoms with van der Waals surface area (Å²) in [5.41, 5.74) is 8.14. The number of hydrogen-bond donors (Lipinski definition) is 2. The molecular formula is C21H24Cl2N4O2. The van der Waals surface area contributed by atoms with Gasteiger partial charge in [-0.05, 0) is 44.1 Å². The van der Waals surface area contributed by atoms with Crippen LogP contribution in [0.5, 0.6) is 0 Å². The van der Waals surface area contributed by atoms with E-state index in [1.54, 1.807) is 18.2 Å². The number of nitrogens with zero attached hydrogens (tertiary/aromatic N) is 3. The Bertz CT molecular complexity index is 958. The predicted octanol–water partition coefficient (Wildman–Crippen LogP) is 4.55. The Morgan fingerprint density at radius 2 is 1.97 bits per heavy atom. The normalized spacial score (nSPS) is 21.0. The van der Waals surface area contributed by atoms with Gasteiger partial charge in [-0.25, -0.2) is 14.8 Å². The summed E-state index contributed by atoms with van der Waals surface area (Å²) in [4.78, 5) is 23.1. The number of aromatic carboxylic acids is 1. The highest BCUT2D eigenvalue weighted by molar-refractivity contribution is 6.43. The molecule has 2 heterocycles. The van der Waals surface area contributed by atoms with Crippen LogP contribution < -0.4 is 10.6 Å². The first-order valence-corrected chi connectivity index (χ1v) is 10.6. The molecule has 1 aromatic heterocycles. The number of nitrogens with two attached hydrogens (primary N) is 1. The SMILES string of the molecule is Cc1nc(N2CCC3(CCCC3N)CC2)c(C(=O)O)nc1-c1cccc(Cl)c1Cl. The number of anilines is 1. The lowest BCUT2D eigenvalue weighted by atomic mass is 9.74. The summed E-state index contributed by atoms with van der Waals surface area (Å²) >= 11 is 12.5. The Kier molecular flexibility index (Phi) is 5.44. The van der Waals surface area contributed by atoms with Crippen LogP contribution in [0.4, 0.5) is 5.82 Å². The number of hydrogen-bond acceptors (Lipinski definition) is 5. The fourth-order valence-electron chi connectivity index (χ4n) is 4.76. The van der Waals surface area contributed by atoms with Gasteiger partial charge in [-0.2, -0.15) is 0 Å². The van der Waals surface area contributed by atoms with Gasteiger partial charge in [-0.1, -0.05) is 41.8 Å². The topological polar surface area (TPSA) is 92.3 Å². The number of halogens is 2. The number of aryl methyl sites for hydroxylation is 1. The zero-order valence-electron chi connectivity index (χ0n) is 16.3. The average Bonchev–Trinajstić information content (AvgIpc) is 3.04. The van der Waals surface area contributed by atoms with E-state index in [0.717, 1.165) is 38.8 Å². The molecule has 29 heavy (non-hydrogen) atoms. The van der Waals surface area contributed by atoms with Gasteiger partial charge < -0.3 is 15.7 Å². The van der Waals surface area contributed by atoms with E-state index in [1.165, 1.54) is 6.42 Å². The van der Waals surface area contributed by atoms with Gasteiger partial charge in [0.1, 0.15) is 0 Å². The monoisotopic (exact) mass is 434 g/mol. The number of carboxylic acid groups (broad SMARTS) is 1. The van der Waals surface area contributed by atoms with E-state index in [0.29, 0.717) is 32.8 Å². The molecule has 1 atom stereocenters. The number of piperidine rings is 1. The molecule has 2 aromatic rings. The highest BCUT2D eigenvalue weighted by Crippen LogP contribution is 2.46.